The van der Waals surface area contributed by atoms with Gasteiger partial charge in [0, 0.05) is 5.92 Å². The minimum Gasteiger partial charge on any atom is -0.269 e. The molecule has 5 heteroatoms. The van der Waals surface area contributed by atoms with E-state index in [1.54, 1.807) is 0 Å². The molecule has 0 radical (unpaired) electrons. The largest absolute Gasteiger partial charge is 0.325 e. The highest BCUT2D eigenvalue weighted by atomic mass is 32.2. The molecule has 0 saturated heterocycles. The molecule has 0 aromatic heterocycles. The van der Waals surface area contributed by atoms with Gasteiger partial charge in [-0.05, 0) is 32.6 Å². The van der Waals surface area contributed by atoms with Crippen LogP contribution < -0.4 is 0 Å². The molecule has 1 fully saturated rings. The van der Waals surface area contributed by atoms with Crippen molar-refractivity contribution < 1.29 is 12.7 Å². The second kappa shape index (κ2) is 10.0. The Labute approximate surface area is 136 Å². The van der Waals surface area contributed by atoms with Crippen LogP contribution in [0, 0.1) is 5.92 Å². The summed E-state index contributed by atoms with van der Waals surface area (Å²) in [6, 6.07) is 0. The van der Waals surface area contributed by atoms with E-state index in [0.717, 1.165) is 49.6 Å². The highest BCUT2D eigenvalue weighted by molar-refractivity contribution is 7.85. The average molecular weight is 330 g/mol. The molecule has 0 heterocycles. The first-order chi connectivity index (χ1) is 10.4. The van der Waals surface area contributed by atoms with Crippen LogP contribution in [0.4, 0.5) is 0 Å². The van der Waals surface area contributed by atoms with Crippen LogP contribution in [0.3, 0.4) is 0 Å². The van der Waals surface area contributed by atoms with Crippen LogP contribution in [-0.2, 0) is 14.4 Å². The predicted molar refractivity (Wildman–Crippen MR) is 92.5 cm³/mol. The summed E-state index contributed by atoms with van der Waals surface area (Å²) in [4.78, 5) is 0. The van der Waals surface area contributed by atoms with Gasteiger partial charge in [0.1, 0.15) is 0 Å². The molecule has 0 spiro atoms. The van der Waals surface area contributed by atoms with E-state index in [0.29, 0.717) is 0 Å². The first-order valence-electron chi connectivity index (χ1n) is 8.48. The number of oxime groups is 1. The third-order valence-electron chi connectivity index (χ3n) is 4.09. The lowest BCUT2D eigenvalue weighted by Gasteiger charge is -2.20. The predicted octanol–water partition coefficient (Wildman–Crippen LogP) is 4.82. The van der Waals surface area contributed by atoms with Crippen molar-refractivity contribution in [1.82, 2.24) is 0 Å². The zero-order valence-electron chi connectivity index (χ0n) is 14.1. The van der Waals surface area contributed by atoms with Crippen LogP contribution in [-0.4, -0.2) is 20.4 Å². The van der Waals surface area contributed by atoms with Crippen molar-refractivity contribution in [2.75, 3.05) is 6.26 Å². The maximum Gasteiger partial charge on any atom is 0.325 e. The van der Waals surface area contributed by atoms with E-state index in [2.05, 4.69) is 11.7 Å². The minimum atomic E-state index is -3.54. The molecule has 1 atom stereocenters. The van der Waals surface area contributed by atoms with Crippen LogP contribution in [0.2, 0.25) is 0 Å². The lowest BCUT2D eigenvalue weighted by atomic mass is 9.87. The van der Waals surface area contributed by atoms with E-state index in [9.17, 15) is 8.42 Å². The Balaban J connectivity index is 2.83. The fraction of sp³-hybridized carbons (Fsp3) is 0.824. The molecule has 1 aliphatic rings. The van der Waals surface area contributed by atoms with Gasteiger partial charge in [0.25, 0.3) is 0 Å². The Kier molecular flexibility index (Phi) is 8.76. The van der Waals surface area contributed by atoms with Gasteiger partial charge >= 0.3 is 10.1 Å². The van der Waals surface area contributed by atoms with Crippen LogP contribution in [0.1, 0.15) is 77.6 Å². The molecule has 1 saturated carbocycles. The third-order valence-corrected chi connectivity index (χ3v) is 4.44. The van der Waals surface area contributed by atoms with Gasteiger partial charge in [-0.25, -0.2) is 0 Å². The summed E-state index contributed by atoms with van der Waals surface area (Å²) >= 11 is 0. The van der Waals surface area contributed by atoms with E-state index >= 15 is 0 Å². The van der Waals surface area contributed by atoms with Crippen LogP contribution in [0.25, 0.3) is 0 Å². The Bertz CT molecular complexity index is 468. The van der Waals surface area contributed by atoms with E-state index in [1.807, 2.05) is 6.92 Å². The van der Waals surface area contributed by atoms with Gasteiger partial charge in [-0.1, -0.05) is 55.7 Å². The van der Waals surface area contributed by atoms with Crippen molar-refractivity contribution in [3.8, 4) is 0 Å². The molecular weight excluding hydrogens is 298 g/mol. The van der Waals surface area contributed by atoms with Gasteiger partial charge in [-0.2, -0.15) is 8.42 Å². The number of nitrogens with zero attached hydrogens (tertiary/aromatic N) is 1. The van der Waals surface area contributed by atoms with E-state index in [4.69, 9.17) is 4.28 Å². The Morgan fingerprint density at radius 2 is 1.68 bits per heavy atom. The molecule has 0 aromatic rings. The van der Waals surface area contributed by atoms with Crippen molar-refractivity contribution in [2.45, 2.75) is 77.6 Å². The van der Waals surface area contributed by atoms with Crippen LogP contribution in [0.5, 0.6) is 0 Å². The zero-order valence-corrected chi connectivity index (χ0v) is 15.0. The maximum atomic E-state index is 11.2. The molecule has 22 heavy (non-hydrogen) atoms. The summed E-state index contributed by atoms with van der Waals surface area (Å²) in [7, 11) is -3.54. The fourth-order valence-electron chi connectivity index (χ4n) is 3.00. The van der Waals surface area contributed by atoms with E-state index in [1.165, 1.54) is 38.5 Å². The molecule has 0 amide bonds. The van der Waals surface area contributed by atoms with Gasteiger partial charge < -0.3 is 0 Å². The minimum absolute atomic E-state index is 0.263. The lowest BCUT2D eigenvalue weighted by Crippen LogP contribution is -2.17. The van der Waals surface area contributed by atoms with Crippen molar-refractivity contribution >= 4 is 15.8 Å². The van der Waals surface area contributed by atoms with Gasteiger partial charge in [0.2, 0.25) is 0 Å². The van der Waals surface area contributed by atoms with Crippen molar-refractivity contribution in [1.29, 1.82) is 0 Å². The van der Waals surface area contributed by atoms with Crippen LogP contribution in [0.15, 0.2) is 17.3 Å². The van der Waals surface area contributed by atoms with Gasteiger partial charge in [0.05, 0.1) is 12.0 Å². The highest BCUT2D eigenvalue weighted by Crippen LogP contribution is 2.24. The Morgan fingerprint density at radius 1 is 1.14 bits per heavy atom. The van der Waals surface area contributed by atoms with Crippen molar-refractivity contribution in [3.63, 3.8) is 0 Å². The van der Waals surface area contributed by atoms with Crippen LogP contribution >= 0.6 is 0 Å². The molecular formula is C17H31NO3S. The number of hydrogen-bond donors (Lipinski definition) is 0. The van der Waals surface area contributed by atoms with Crippen molar-refractivity contribution in [3.05, 3.63) is 12.2 Å². The van der Waals surface area contributed by atoms with Gasteiger partial charge in [-0.15, -0.1) is 6.58 Å². The summed E-state index contributed by atoms with van der Waals surface area (Å²) in [6.45, 7) is 6.03. The number of allylic oxidation sites excluding steroid dienone is 1. The summed E-state index contributed by atoms with van der Waals surface area (Å²) in [5.74, 6) is 0.263. The molecule has 0 aliphatic heterocycles. The normalized spacial score (nSPS) is 24.3. The van der Waals surface area contributed by atoms with Gasteiger partial charge in [0.15, 0.2) is 0 Å². The number of hydrogen-bond acceptors (Lipinski definition) is 4. The highest BCUT2D eigenvalue weighted by Gasteiger charge is 2.18. The summed E-state index contributed by atoms with van der Waals surface area (Å²) < 4.78 is 27.2. The summed E-state index contributed by atoms with van der Waals surface area (Å²) in [6.07, 6.45) is 13.6. The lowest BCUT2D eigenvalue weighted by molar-refractivity contribution is 0.335. The SMILES string of the molecule is C=C(C)CC1CCCCCCCCCC/C1=N\OS(C)(=O)=O. The molecule has 4 nitrogen and oxygen atoms in total. The Morgan fingerprint density at radius 3 is 2.23 bits per heavy atom. The second-order valence-electron chi connectivity index (χ2n) is 6.59. The first kappa shape index (κ1) is 19.2. The molecule has 1 rings (SSSR count). The smallest absolute Gasteiger partial charge is 0.269 e. The summed E-state index contributed by atoms with van der Waals surface area (Å²) in [5, 5.41) is 4.00. The molecule has 0 bridgehead atoms. The standard InChI is InChI=1S/C17H31NO3S/c1-15(2)14-16-12-10-8-6-4-5-7-9-11-13-17(16)18-21-22(3,19)20/h16H,1,4-14H2,2-3H3/b18-17+. The maximum absolute atomic E-state index is 11.2. The fourth-order valence-corrected chi connectivity index (χ4v) is 3.24. The van der Waals surface area contributed by atoms with E-state index < -0.39 is 10.1 Å². The molecule has 0 aromatic carbocycles. The average Bonchev–Trinajstić information content (AvgIpc) is 2.39. The first-order valence-corrected chi connectivity index (χ1v) is 10.3. The van der Waals surface area contributed by atoms with E-state index in [-0.39, 0.29) is 5.92 Å². The number of rotatable bonds is 4. The Hall–Kier alpha value is -0.840. The molecule has 0 N–H and O–H groups in total. The topological polar surface area (TPSA) is 55.7 Å². The summed E-state index contributed by atoms with van der Waals surface area (Å²) in [5.41, 5.74) is 2.01. The zero-order chi connectivity index (χ0) is 16.4. The third kappa shape index (κ3) is 9.23. The van der Waals surface area contributed by atoms with Crippen molar-refractivity contribution in [2.24, 2.45) is 11.1 Å². The second-order valence-corrected chi connectivity index (χ2v) is 8.14. The quantitative estimate of drug-likeness (QED) is 0.549. The molecule has 128 valence electrons. The molecule has 1 unspecified atom stereocenters. The monoisotopic (exact) mass is 329 g/mol. The molecule has 1 aliphatic carbocycles. The van der Waals surface area contributed by atoms with Gasteiger partial charge in [-0.3, -0.25) is 4.28 Å².